The van der Waals surface area contributed by atoms with E-state index in [0.717, 1.165) is 57.8 Å². The molecule has 0 saturated heterocycles. The number of hydrogen-bond acceptors (Lipinski definition) is 10. The van der Waals surface area contributed by atoms with Crippen molar-refractivity contribution in [3.63, 3.8) is 0 Å². The number of phosphoric ester groups is 1. The van der Waals surface area contributed by atoms with Gasteiger partial charge in [0.15, 0.2) is 6.10 Å². The Morgan fingerprint density at radius 1 is 0.569 bits per heavy atom. The molecule has 12 heteroatoms. The number of ether oxygens (including phenoxy) is 2. The van der Waals surface area contributed by atoms with Crippen LogP contribution in [0, 0.1) is 0 Å². The van der Waals surface area contributed by atoms with Crippen molar-refractivity contribution in [2.75, 3.05) is 26.4 Å². The van der Waals surface area contributed by atoms with Gasteiger partial charge in [-0.2, -0.15) is 0 Å². The van der Waals surface area contributed by atoms with Gasteiger partial charge in [0.2, 0.25) is 0 Å². The topological polar surface area (TPSA) is 169 Å². The smallest absolute Gasteiger partial charge is 0.462 e. The second-order valence-electron chi connectivity index (χ2n) is 14.2. The summed E-state index contributed by atoms with van der Waals surface area (Å²) >= 11 is 0. The van der Waals surface area contributed by atoms with Crippen molar-refractivity contribution < 1.29 is 52.9 Å². The maximum atomic E-state index is 12.6. The quantitative estimate of drug-likeness (QED) is 0.0201. The third kappa shape index (κ3) is 39.9. The van der Waals surface area contributed by atoms with Crippen LogP contribution in [-0.4, -0.2) is 76.9 Å². The van der Waals surface area contributed by atoms with E-state index in [9.17, 15) is 29.3 Å². The number of phosphoric acid groups is 1. The standard InChI is InChI=1S/C46H77O11P/c1-3-5-7-8-9-10-11-12-13-14-15-16-21-24-27-30-33-37-46(51)57-44(41-56-58(52,53)55-39-43(49)38-47)40-54-45(50)36-32-29-26-23-20-18-17-19-22-25-28-31-35-42(48)34-6-4-2/h12-13,15-18,22-27,31,35,42-44,47-49H,3-11,14,19-21,28-30,32-34,36-41H2,1-2H3,(H,52,53)/b13-12-,16-15-,18-17-,25-22-,26-23-,27-24-,35-31-/t42-,43-,44+/m0/s1. The van der Waals surface area contributed by atoms with Crippen molar-refractivity contribution in [1.82, 2.24) is 0 Å². The molecule has 0 fully saturated rings. The summed E-state index contributed by atoms with van der Waals surface area (Å²) < 4.78 is 32.6. The van der Waals surface area contributed by atoms with Crippen LogP contribution >= 0.6 is 7.82 Å². The minimum Gasteiger partial charge on any atom is -0.462 e. The van der Waals surface area contributed by atoms with Crippen LogP contribution in [-0.2, 0) is 32.7 Å². The second kappa shape index (κ2) is 40.9. The van der Waals surface area contributed by atoms with Crippen molar-refractivity contribution in [2.45, 2.75) is 167 Å². The number of aliphatic hydroxyl groups excluding tert-OH is 3. The van der Waals surface area contributed by atoms with E-state index in [0.29, 0.717) is 25.7 Å². The normalized spacial score (nSPS) is 15.2. The maximum Gasteiger partial charge on any atom is 0.472 e. The Kier molecular flexibility index (Phi) is 38.8. The fourth-order valence-electron chi connectivity index (χ4n) is 5.20. The van der Waals surface area contributed by atoms with Gasteiger partial charge in [0.1, 0.15) is 12.7 Å². The number of rotatable bonds is 39. The Hall–Kier alpha value is -2.89. The Labute approximate surface area is 350 Å². The van der Waals surface area contributed by atoms with E-state index < -0.39 is 51.8 Å². The van der Waals surface area contributed by atoms with Crippen molar-refractivity contribution in [3.05, 3.63) is 85.1 Å². The molecular formula is C46H77O11P. The zero-order valence-electron chi connectivity index (χ0n) is 35.6. The van der Waals surface area contributed by atoms with Crippen LogP contribution in [0.15, 0.2) is 85.1 Å². The fourth-order valence-corrected chi connectivity index (χ4v) is 5.98. The van der Waals surface area contributed by atoms with Crippen molar-refractivity contribution in [2.24, 2.45) is 0 Å². The number of unbranched alkanes of at least 4 members (excludes halogenated alkanes) is 9. The first-order valence-corrected chi connectivity index (χ1v) is 23.1. The van der Waals surface area contributed by atoms with Gasteiger partial charge in [-0.05, 0) is 77.0 Å². The van der Waals surface area contributed by atoms with E-state index in [-0.39, 0.29) is 25.6 Å². The molecule has 0 bridgehead atoms. The van der Waals surface area contributed by atoms with Gasteiger partial charge in [-0.3, -0.25) is 18.6 Å². The number of carbonyl (C=O) groups is 2. The summed E-state index contributed by atoms with van der Waals surface area (Å²) in [5, 5.41) is 28.1. The summed E-state index contributed by atoms with van der Waals surface area (Å²) in [4.78, 5) is 34.9. The Bertz CT molecular complexity index is 1250. The molecule has 0 spiro atoms. The second-order valence-corrected chi connectivity index (χ2v) is 15.6. The van der Waals surface area contributed by atoms with Crippen molar-refractivity contribution in [1.29, 1.82) is 0 Å². The zero-order chi connectivity index (χ0) is 42.8. The van der Waals surface area contributed by atoms with Gasteiger partial charge < -0.3 is 29.7 Å². The minimum absolute atomic E-state index is 0.0881. The third-order valence-corrected chi connectivity index (χ3v) is 9.54. The summed E-state index contributed by atoms with van der Waals surface area (Å²) in [6.45, 7) is 2.06. The highest BCUT2D eigenvalue weighted by atomic mass is 31.2. The van der Waals surface area contributed by atoms with Gasteiger partial charge in [0.25, 0.3) is 0 Å². The molecule has 0 aromatic rings. The molecule has 4 N–H and O–H groups in total. The fraction of sp³-hybridized carbons (Fsp3) is 0.652. The van der Waals surface area contributed by atoms with Gasteiger partial charge in [0, 0.05) is 12.8 Å². The van der Waals surface area contributed by atoms with Crippen molar-refractivity contribution >= 4 is 19.8 Å². The largest absolute Gasteiger partial charge is 0.472 e. The minimum atomic E-state index is -4.66. The molecular weight excluding hydrogens is 759 g/mol. The van der Waals surface area contributed by atoms with Gasteiger partial charge >= 0.3 is 19.8 Å². The first-order chi connectivity index (χ1) is 28.1. The number of allylic oxidation sites excluding steroid dienone is 13. The molecule has 0 aromatic heterocycles. The average molecular weight is 837 g/mol. The molecule has 0 radical (unpaired) electrons. The molecule has 0 saturated carbocycles. The summed E-state index contributed by atoms with van der Waals surface area (Å²) in [6.07, 6.45) is 44.7. The van der Waals surface area contributed by atoms with Gasteiger partial charge in [-0.1, -0.05) is 144 Å². The molecule has 0 rings (SSSR count). The Balaban J connectivity index is 4.52. The summed E-state index contributed by atoms with van der Waals surface area (Å²) in [5.41, 5.74) is 0. The highest BCUT2D eigenvalue weighted by molar-refractivity contribution is 7.47. The number of hydrogen-bond donors (Lipinski definition) is 4. The first-order valence-electron chi connectivity index (χ1n) is 21.6. The summed E-state index contributed by atoms with van der Waals surface area (Å²) in [7, 11) is -4.66. The average Bonchev–Trinajstić information content (AvgIpc) is 3.21. The Morgan fingerprint density at radius 2 is 1.03 bits per heavy atom. The SMILES string of the molecule is CCCCCCCC/C=C\C/C=C\C/C=C\CCCC(=O)O[C@H](COC(=O)CCC/C=C\C/C=C\C/C=C\C/C=C\[C@@H](O)CCCC)COP(=O)(O)OC[C@@H](O)CO. The molecule has 11 nitrogen and oxygen atoms in total. The number of carbonyl (C=O) groups excluding carboxylic acids is 2. The number of aliphatic hydroxyl groups is 3. The molecule has 0 aliphatic rings. The monoisotopic (exact) mass is 837 g/mol. The molecule has 1 unspecified atom stereocenters. The van der Waals surface area contributed by atoms with E-state index in [1.54, 1.807) is 0 Å². The van der Waals surface area contributed by atoms with Crippen LogP contribution in [0.5, 0.6) is 0 Å². The van der Waals surface area contributed by atoms with Crippen LogP contribution in [0.25, 0.3) is 0 Å². The lowest BCUT2D eigenvalue weighted by molar-refractivity contribution is -0.161. The molecule has 4 atom stereocenters. The molecule has 0 aromatic carbocycles. The lowest BCUT2D eigenvalue weighted by Crippen LogP contribution is -2.29. The van der Waals surface area contributed by atoms with Crippen LogP contribution in [0.2, 0.25) is 0 Å². The zero-order valence-corrected chi connectivity index (χ0v) is 36.5. The van der Waals surface area contributed by atoms with E-state index in [1.165, 1.54) is 38.5 Å². The molecule has 0 aliphatic carbocycles. The molecule has 0 aliphatic heterocycles. The predicted molar refractivity (Wildman–Crippen MR) is 234 cm³/mol. The highest BCUT2D eigenvalue weighted by Gasteiger charge is 2.27. The van der Waals surface area contributed by atoms with E-state index >= 15 is 0 Å². The lowest BCUT2D eigenvalue weighted by atomic mass is 10.1. The van der Waals surface area contributed by atoms with Gasteiger partial charge in [-0.25, -0.2) is 4.57 Å². The summed E-state index contributed by atoms with van der Waals surface area (Å²) in [6, 6.07) is 0. The molecule has 0 amide bonds. The van der Waals surface area contributed by atoms with Crippen molar-refractivity contribution in [3.8, 4) is 0 Å². The predicted octanol–water partition coefficient (Wildman–Crippen LogP) is 10.4. The highest BCUT2D eigenvalue weighted by Crippen LogP contribution is 2.43. The van der Waals surface area contributed by atoms with E-state index in [4.69, 9.17) is 19.1 Å². The van der Waals surface area contributed by atoms with E-state index in [1.807, 2.05) is 36.5 Å². The third-order valence-electron chi connectivity index (χ3n) is 8.59. The van der Waals surface area contributed by atoms with Gasteiger partial charge in [0.05, 0.1) is 25.9 Å². The molecule has 0 heterocycles. The Morgan fingerprint density at radius 3 is 1.59 bits per heavy atom. The van der Waals surface area contributed by atoms with Crippen LogP contribution in [0.1, 0.15) is 149 Å². The maximum absolute atomic E-state index is 12.6. The van der Waals surface area contributed by atoms with E-state index in [2.05, 4.69) is 67.0 Å². The lowest BCUT2D eigenvalue weighted by Gasteiger charge is -2.20. The number of esters is 2. The van der Waals surface area contributed by atoms with Crippen LogP contribution in [0.3, 0.4) is 0 Å². The first kappa shape index (κ1) is 55.1. The van der Waals surface area contributed by atoms with Crippen LogP contribution < -0.4 is 0 Å². The van der Waals surface area contributed by atoms with Crippen LogP contribution in [0.4, 0.5) is 0 Å². The summed E-state index contributed by atoms with van der Waals surface area (Å²) in [5.74, 6) is -1.08. The van der Waals surface area contributed by atoms with Gasteiger partial charge in [-0.15, -0.1) is 0 Å². The molecule has 332 valence electrons. The molecule has 58 heavy (non-hydrogen) atoms.